The predicted octanol–water partition coefficient (Wildman–Crippen LogP) is 17.7. The first-order chi connectivity index (χ1) is 30.2. The molecule has 0 unspecified atom stereocenters. The molecule has 0 radical (unpaired) electrons. The van der Waals surface area contributed by atoms with Gasteiger partial charge in [-0.2, -0.15) is 0 Å². The SMILES string of the molecule is c1cc(-c2cccc(N(c3ccccc3-c3ccc4ccccc4c3)c3ccccc3-c3cccc4c3sc3ccccc34)c2)cc(-c2cccc3c2sc2ccccc23)c1. The van der Waals surface area contributed by atoms with E-state index in [0.29, 0.717) is 0 Å². The largest absolute Gasteiger partial charge is 0.309 e. The molecular formula is C58H37NS2. The maximum Gasteiger partial charge on any atom is 0.0540 e. The molecule has 0 atom stereocenters. The Bertz CT molecular complexity index is 3630. The van der Waals surface area contributed by atoms with E-state index in [1.807, 2.05) is 22.7 Å². The summed E-state index contributed by atoms with van der Waals surface area (Å²) in [5.74, 6) is 0. The molecule has 3 heteroatoms. The van der Waals surface area contributed by atoms with Gasteiger partial charge in [-0.25, -0.2) is 0 Å². The number of rotatable bonds is 7. The lowest BCUT2D eigenvalue weighted by Gasteiger charge is -2.30. The molecule has 1 nitrogen and oxygen atoms in total. The molecule has 0 spiro atoms. The Morgan fingerprint density at radius 2 is 0.770 bits per heavy atom. The average Bonchev–Trinajstić information content (AvgIpc) is 3.91. The van der Waals surface area contributed by atoms with E-state index in [1.165, 1.54) is 95.6 Å². The van der Waals surface area contributed by atoms with Crippen molar-refractivity contribution in [1.82, 2.24) is 0 Å². The minimum atomic E-state index is 1.10. The van der Waals surface area contributed by atoms with Gasteiger partial charge < -0.3 is 4.90 Å². The van der Waals surface area contributed by atoms with Gasteiger partial charge in [0.15, 0.2) is 0 Å². The van der Waals surface area contributed by atoms with Crippen molar-refractivity contribution in [2.75, 3.05) is 4.90 Å². The molecule has 0 N–H and O–H groups in total. The van der Waals surface area contributed by atoms with Crippen LogP contribution in [0.2, 0.25) is 0 Å². The molecule has 2 aromatic heterocycles. The van der Waals surface area contributed by atoms with E-state index in [4.69, 9.17) is 0 Å². The maximum absolute atomic E-state index is 2.48. The summed E-state index contributed by atoms with van der Waals surface area (Å²) >= 11 is 3.76. The third-order valence-corrected chi connectivity index (χ3v) is 14.5. The smallest absolute Gasteiger partial charge is 0.0540 e. The second kappa shape index (κ2) is 14.8. The summed E-state index contributed by atoms with van der Waals surface area (Å²) in [6, 6.07) is 82.5. The first-order valence-corrected chi connectivity index (χ1v) is 22.4. The number of nitrogens with zero attached hydrogens (tertiary/aromatic N) is 1. The second-order valence-corrected chi connectivity index (χ2v) is 17.7. The van der Waals surface area contributed by atoms with Crippen LogP contribution in [0.4, 0.5) is 17.1 Å². The summed E-state index contributed by atoms with van der Waals surface area (Å²) in [7, 11) is 0. The van der Waals surface area contributed by atoms with Gasteiger partial charge in [-0.05, 0) is 87.1 Å². The monoisotopic (exact) mass is 811 g/mol. The lowest BCUT2D eigenvalue weighted by atomic mass is 9.95. The molecule has 0 saturated carbocycles. The highest BCUT2D eigenvalue weighted by molar-refractivity contribution is 7.26. The summed E-state index contributed by atoms with van der Waals surface area (Å²) in [5.41, 5.74) is 13.0. The van der Waals surface area contributed by atoms with Crippen LogP contribution >= 0.6 is 22.7 Å². The minimum absolute atomic E-state index is 1.10. The van der Waals surface area contributed by atoms with E-state index < -0.39 is 0 Å². The fourth-order valence-electron chi connectivity index (χ4n) is 9.20. The lowest BCUT2D eigenvalue weighted by Crippen LogP contribution is -2.12. The van der Waals surface area contributed by atoms with Crippen molar-refractivity contribution < 1.29 is 0 Å². The highest BCUT2D eigenvalue weighted by atomic mass is 32.1. The second-order valence-electron chi connectivity index (χ2n) is 15.6. The topological polar surface area (TPSA) is 3.24 Å². The van der Waals surface area contributed by atoms with Crippen molar-refractivity contribution in [1.29, 1.82) is 0 Å². The highest BCUT2D eigenvalue weighted by Crippen LogP contribution is 2.49. The third kappa shape index (κ3) is 6.13. The van der Waals surface area contributed by atoms with Crippen LogP contribution in [0.1, 0.15) is 0 Å². The molecule has 2 heterocycles. The van der Waals surface area contributed by atoms with Crippen LogP contribution in [0.25, 0.3) is 95.6 Å². The Morgan fingerprint density at radius 1 is 0.279 bits per heavy atom. The predicted molar refractivity (Wildman–Crippen MR) is 266 cm³/mol. The van der Waals surface area contributed by atoms with Crippen molar-refractivity contribution in [2.45, 2.75) is 0 Å². The van der Waals surface area contributed by atoms with Gasteiger partial charge in [0.05, 0.1) is 11.4 Å². The van der Waals surface area contributed by atoms with Crippen LogP contribution < -0.4 is 4.90 Å². The Kier molecular flexibility index (Phi) is 8.62. The molecule has 0 fully saturated rings. The molecule has 61 heavy (non-hydrogen) atoms. The van der Waals surface area contributed by atoms with Gasteiger partial charge in [0.2, 0.25) is 0 Å². The molecule has 0 saturated heterocycles. The van der Waals surface area contributed by atoms with Gasteiger partial charge in [-0.3, -0.25) is 0 Å². The van der Waals surface area contributed by atoms with E-state index in [0.717, 1.165) is 17.1 Å². The van der Waals surface area contributed by atoms with E-state index in [-0.39, 0.29) is 0 Å². The molecular weight excluding hydrogens is 775 g/mol. The van der Waals surface area contributed by atoms with Crippen LogP contribution in [-0.2, 0) is 0 Å². The number of fused-ring (bicyclic) bond motifs is 7. The van der Waals surface area contributed by atoms with Gasteiger partial charge in [-0.15, -0.1) is 22.7 Å². The Balaban J connectivity index is 1.05. The van der Waals surface area contributed by atoms with Gasteiger partial charge in [0.25, 0.3) is 0 Å². The normalized spacial score (nSPS) is 11.6. The fraction of sp³-hybridized carbons (Fsp3) is 0. The third-order valence-electron chi connectivity index (χ3n) is 12.1. The zero-order valence-corrected chi connectivity index (χ0v) is 34.8. The Labute approximate surface area is 362 Å². The van der Waals surface area contributed by atoms with Crippen LogP contribution in [-0.4, -0.2) is 0 Å². The van der Waals surface area contributed by atoms with Crippen molar-refractivity contribution in [3.05, 3.63) is 224 Å². The number of hydrogen-bond acceptors (Lipinski definition) is 3. The highest BCUT2D eigenvalue weighted by Gasteiger charge is 2.23. The van der Waals surface area contributed by atoms with E-state index in [9.17, 15) is 0 Å². The lowest BCUT2D eigenvalue weighted by molar-refractivity contribution is 1.28. The number of hydrogen-bond donors (Lipinski definition) is 0. The van der Waals surface area contributed by atoms with Crippen LogP contribution in [0, 0.1) is 0 Å². The zero-order valence-electron chi connectivity index (χ0n) is 33.1. The van der Waals surface area contributed by atoms with Gasteiger partial charge >= 0.3 is 0 Å². The molecule has 12 rings (SSSR count). The molecule has 0 aliphatic rings. The van der Waals surface area contributed by atoms with E-state index >= 15 is 0 Å². The molecule has 0 aliphatic heterocycles. The zero-order chi connectivity index (χ0) is 40.3. The number of anilines is 3. The summed E-state index contributed by atoms with van der Waals surface area (Å²) in [5, 5.41) is 7.70. The molecule has 286 valence electrons. The van der Waals surface area contributed by atoms with Gasteiger partial charge in [0, 0.05) is 62.7 Å². The number of para-hydroxylation sites is 2. The Morgan fingerprint density at radius 3 is 1.52 bits per heavy atom. The average molecular weight is 812 g/mol. The quantitative estimate of drug-likeness (QED) is 0.155. The molecule has 10 aromatic carbocycles. The molecule has 0 bridgehead atoms. The van der Waals surface area contributed by atoms with Crippen LogP contribution in [0.3, 0.4) is 0 Å². The minimum Gasteiger partial charge on any atom is -0.309 e. The molecule has 0 amide bonds. The fourth-order valence-corrected chi connectivity index (χ4v) is 11.7. The first-order valence-electron chi connectivity index (χ1n) is 20.7. The maximum atomic E-state index is 2.48. The number of thiophene rings is 2. The summed E-state index contributed by atoms with van der Waals surface area (Å²) in [6.07, 6.45) is 0. The van der Waals surface area contributed by atoms with E-state index in [1.54, 1.807) is 0 Å². The van der Waals surface area contributed by atoms with Gasteiger partial charge in [0.1, 0.15) is 0 Å². The van der Waals surface area contributed by atoms with Crippen molar-refractivity contribution in [3.63, 3.8) is 0 Å². The van der Waals surface area contributed by atoms with Gasteiger partial charge in [-0.1, -0.05) is 176 Å². The molecule has 0 aliphatic carbocycles. The summed E-state index contributed by atoms with van der Waals surface area (Å²) in [6.45, 7) is 0. The van der Waals surface area contributed by atoms with Crippen molar-refractivity contribution in [2.24, 2.45) is 0 Å². The summed E-state index contributed by atoms with van der Waals surface area (Å²) in [4.78, 5) is 2.48. The van der Waals surface area contributed by atoms with Crippen LogP contribution in [0.5, 0.6) is 0 Å². The van der Waals surface area contributed by atoms with Crippen molar-refractivity contribution >= 4 is 90.9 Å². The molecule has 12 aromatic rings. The van der Waals surface area contributed by atoms with Crippen molar-refractivity contribution in [3.8, 4) is 44.5 Å². The first kappa shape index (κ1) is 35.6. The van der Waals surface area contributed by atoms with E-state index in [2.05, 4.69) is 229 Å². The number of benzene rings is 10. The standard InChI is InChI=1S/C58H37NS2/c1-2-16-39-35-43(34-33-38(39)15-1)45-21-3-7-29-53(45)59(54-30-8-4-22-47(54)50-26-14-28-52-49-24-6-10-32-56(49)61-58(50)52)44-20-12-18-41(37-44)40-17-11-19-42(36-40)46-25-13-27-51-48-23-5-9-31-55(48)60-57(46)51/h1-37H. The van der Waals surface area contributed by atoms with Crippen LogP contribution in [0.15, 0.2) is 224 Å². The summed E-state index contributed by atoms with van der Waals surface area (Å²) < 4.78 is 5.26. The Hall–Kier alpha value is -7.30.